The van der Waals surface area contributed by atoms with Crippen LogP contribution in [0.15, 0.2) is 18.2 Å². The first kappa shape index (κ1) is 13.8. The molecule has 5 heteroatoms. The van der Waals surface area contributed by atoms with E-state index in [2.05, 4.69) is 0 Å². The van der Waals surface area contributed by atoms with E-state index in [0.29, 0.717) is 32.5 Å². The fourth-order valence-electron chi connectivity index (χ4n) is 2.10. The van der Waals surface area contributed by atoms with Crippen molar-refractivity contribution in [1.82, 2.24) is 4.90 Å². The summed E-state index contributed by atoms with van der Waals surface area (Å²) in [5, 5.41) is 0. The van der Waals surface area contributed by atoms with E-state index in [4.69, 9.17) is 0 Å². The topological polar surface area (TPSA) is 37.4 Å². The zero-order valence-corrected chi connectivity index (χ0v) is 10.5. The van der Waals surface area contributed by atoms with Gasteiger partial charge in [-0.05, 0) is 18.2 Å². The van der Waals surface area contributed by atoms with Gasteiger partial charge in [-0.2, -0.15) is 0 Å². The van der Waals surface area contributed by atoms with Gasteiger partial charge >= 0.3 is 0 Å². The lowest BCUT2D eigenvalue weighted by atomic mass is 10.1. The fourth-order valence-corrected chi connectivity index (χ4v) is 2.10. The van der Waals surface area contributed by atoms with Crippen molar-refractivity contribution in [1.29, 1.82) is 0 Å². The number of piperidine rings is 1. The molecule has 0 bridgehead atoms. The minimum absolute atomic E-state index is 0.187. The van der Waals surface area contributed by atoms with Crippen LogP contribution < -0.4 is 0 Å². The number of likely N-dealkylation sites (tertiary alicyclic amines) is 1. The van der Waals surface area contributed by atoms with Crippen LogP contribution >= 0.6 is 0 Å². The molecule has 0 aromatic heterocycles. The van der Waals surface area contributed by atoms with Crippen LogP contribution in [0.2, 0.25) is 0 Å². The summed E-state index contributed by atoms with van der Waals surface area (Å²) in [7, 11) is 0. The van der Waals surface area contributed by atoms with Gasteiger partial charge in [0, 0.05) is 44.5 Å². The Morgan fingerprint density at radius 3 is 2.47 bits per heavy atom. The number of ketones is 2. The number of Topliss-reactive ketones (excluding diaryl/α,β-unsaturated/α-hetero) is 2. The van der Waals surface area contributed by atoms with Crippen LogP contribution in [0.5, 0.6) is 0 Å². The first-order chi connectivity index (χ1) is 9.06. The molecule has 0 amide bonds. The lowest BCUT2D eigenvalue weighted by Crippen LogP contribution is -2.35. The maximum absolute atomic E-state index is 13.0. The summed E-state index contributed by atoms with van der Waals surface area (Å²) in [6.07, 6.45) is 1.30. The molecule has 0 spiro atoms. The van der Waals surface area contributed by atoms with Gasteiger partial charge in [-0.1, -0.05) is 0 Å². The van der Waals surface area contributed by atoms with Crippen LogP contribution in [-0.2, 0) is 4.79 Å². The third-order valence-electron chi connectivity index (χ3n) is 3.31. The SMILES string of the molecule is O=C1CCN(CCC(=O)c2ccc(F)c(F)c2)CC1. The van der Waals surface area contributed by atoms with E-state index in [1.807, 2.05) is 4.90 Å². The van der Waals surface area contributed by atoms with Gasteiger partial charge in [0.05, 0.1) is 0 Å². The second-order valence-electron chi connectivity index (χ2n) is 4.68. The summed E-state index contributed by atoms with van der Waals surface area (Å²) in [4.78, 5) is 24.9. The van der Waals surface area contributed by atoms with Crippen molar-refractivity contribution in [2.75, 3.05) is 19.6 Å². The average Bonchev–Trinajstić information content (AvgIpc) is 2.41. The largest absolute Gasteiger partial charge is 0.302 e. The highest BCUT2D eigenvalue weighted by Gasteiger charge is 2.17. The van der Waals surface area contributed by atoms with Gasteiger partial charge in [0.25, 0.3) is 0 Å². The van der Waals surface area contributed by atoms with E-state index in [0.717, 1.165) is 12.1 Å². The predicted octanol–water partition coefficient (Wildman–Crippen LogP) is 2.20. The number of halogens is 2. The molecule has 1 aliphatic rings. The maximum atomic E-state index is 13.0. The minimum Gasteiger partial charge on any atom is -0.302 e. The van der Waals surface area contributed by atoms with Crippen molar-refractivity contribution in [2.45, 2.75) is 19.3 Å². The molecule has 0 N–H and O–H groups in total. The monoisotopic (exact) mass is 267 g/mol. The Bertz CT molecular complexity index is 492. The third-order valence-corrected chi connectivity index (χ3v) is 3.31. The zero-order valence-electron chi connectivity index (χ0n) is 10.5. The molecule has 3 nitrogen and oxygen atoms in total. The van der Waals surface area contributed by atoms with Gasteiger partial charge in [0.1, 0.15) is 5.78 Å². The summed E-state index contributed by atoms with van der Waals surface area (Å²) < 4.78 is 25.8. The third kappa shape index (κ3) is 3.67. The smallest absolute Gasteiger partial charge is 0.164 e. The van der Waals surface area contributed by atoms with Crippen LogP contribution in [0.4, 0.5) is 8.78 Å². The Hall–Kier alpha value is -1.62. The van der Waals surface area contributed by atoms with Crippen molar-refractivity contribution >= 4 is 11.6 Å². The molecule has 2 rings (SSSR count). The first-order valence-corrected chi connectivity index (χ1v) is 6.28. The fraction of sp³-hybridized carbons (Fsp3) is 0.429. The number of hydrogen-bond acceptors (Lipinski definition) is 3. The second kappa shape index (κ2) is 6.02. The van der Waals surface area contributed by atoms with E-state index in [1.54, 1.807) is 0 Å². The van der Waals surface area contributed by atoms with Crippen LogP contribution in [0.1, 0.15) is 29.6 Å². The molecule has 19 heavy (non-hydrogen) atoms. The molecule has 1 aromatic rings. The van der Waals surface area contributed by atoms with E-state index in [1.165, 1.54) is 6.07 Å². The Morgan fingerprint density at radius 2 is 1.84 bits per heavy atom. The highest BCUT2D eigenvalue weighted by atomic mass is 19.2. The van der Waals surface area contributed by atoms with Gasteiger partial charge in [0.2, 0.25) is 0 Å². The number of hydrogen-bond donors (Lipinski definition) is 0. The van der Waals surface area contributed by atoms with Crippen molar-refractivity contribution in [2.24, 2.45) is 0 Å². The molecule has 0 saturated carbocycles. The molecule has 0 aliphatic carbocycles. The molecular formula is C14H15F2NO2. The minimum atomic E-state index is -1.01. The first-order valence-electron chi connectivity index (χ1n) is 6.28. The Labute approximate surface area is 110 Å². The standard InChI is InChI=1S/C14H15F2NO2/c15-12-2-1-10(9-13(12)16)14(19)5-8-17-6-3-11(18)4-7-17/h1-2,9H,3-8H2. The van der Waals surface area contributed by atoms with Crippen molar-refractivity contribution in [3.05, 3.63) is 35.4 Å². The number of carbonyl (C=O) groups is 2. The van der Waals surface area contributed by atoms with Gasteiger partial charge in [-0.3, -0.25) is 9.59 Å². The Kier molecular flexibility index (Phi) is 4.37. The van der Waals surface area contributed by atoms with Crippen LogP contribution in [0.25, 0.3) is 0 Å². The lowest BCUT2D eigenvalue weighted by molar-refractivity contribution is -0.121. The molecule has 1 fully saturated rings. The second-order valence-corrected chi connectivity index (χ2v) is 4.68. The summed E-state index contributed by atoms with van der Waals surface area (Å²) in [6.45, 7) is 1.89. The molecular weight excluding hydrogens is 252 g/mol. The maximum Gasteiger partial charge on any atom is 0.164 e. The Morgan fingerprint density at radius 1 is 1.16 bits per heavy atom. The van der Waals surface area contributed by atoms with Crippen LogP contribution in [0.3, 0.4) is 0 Å². The summed E-state index contributed by atoms with van der Waals surface area (Å²) in [6, 6.07) is 3.18. The normalized spacial score (nSPS) is 16.6. The molecule has 0 unspecified atom stereocenters. The lowest BCUT2D eigenvalue weighted by Gasteiger charge is -2.25. The van der Waals surface area contributed by atoms with Crippen molar-refractivity contribution in [3.63, 3.8) is 0 Å². The van der Waals surface area contributed by atoms with Gasteiger partial charge < -0.3 is 4.90 Å². The predicted molar refractivity (Wildman–Crippen MR) is 66.0 cm³/mol. The number of carbonyl (C=O) groups excluding carboxylic acids is 2. The molecule has 1 heterocycles. The highest BCUT2D eigenvalue weighted by molar-refractivity contribution is 5.96. The van der Waals surface area contributed by atoms with E-state index < -0.39 is 11.6 Å². The quantitative estimate of drug-likeness (QED) is 0.785. The summed E-state index contributed by atoms with van der Waals surface area (Å²) in [5.41, 5.74) is 0.187. The number of benzene rings is 1. The van der Waals surface area contributed by atoms with E-state index >= 15 is 0 Å². The van der Waals surface area contributed by atoms with Crippen LogP contribution in [-0.4, -0.2) is 36.1 Å². The van der Waals surface area contributed by atoms with Gasteiger partial charge in [-0.15, -0.1) is 0 Å². The van der Waals surface area contributed by atoms with E-state index in [9.17, 15) is 18.4 Å². The molecule has 1 saturated heterocycles. The van der Waals surface area contributed by atoms with Crippen molar-refractivity contribution < 1.29 is 18.4 Å². The molecule has 0 radical (unpaired) electrons. The summed E-state index contributed by atoms with van der Waals surface area (Å²) >= 11 is 0. The Balaban J connectivity index is 1.87. The number of nitrogens with zero attached hydrogens (tertiary/aromatic N) is 1. The molecule has 0 atom stereocenters. The van der Waals surface area contributed by atoms with Gasteiger partial charge in [-0.25, -0.2) is 8.78 Å². The number of rotatable bonds is 4. The van der Waals surface area contributed by atoms with Crippen LogP contribution in [0, 0.1) is 11.6 Å². The molecule has 1 aliphatic heterocycles. The highest BCUT2D eigenvalue weighted by Crippen LogP contribution is 2.12. The zero-order chi connectivity index (χ0) is 13.8. The molecule has 1 aromatic carbocycles. The van der Waals surface area contributed by atoms with E-state index in [-0.39, 0.29) is 23.6 Å². The van der Waals surface area contributed by atoms with Gasteiger partial charge in [0.15, 0.2) is 17.4 Å². The summed E-state index contributed by atoms with van der Waals surface area (Å²) in [5.74, 6) is -1.92. The van der Waals surface area contributed by atoms with Crippen molar-refractivity contribution in [3.8, 4) is 0 Å². The average molecular weight is 267 g/mol. The molecule has 102 valence electrons.